The molecule has 26 heavy (non-hydrogen) atoms. The molecule has 0 aliphatic rings. The molecule has 0 fully saturated rings. The number of carbonyl (C=O) groups excluding carboxylic acids is 1. The molecule has 2 aromatic heterocycles. The Labute approximate surface area is 149 Å². The summed E-state index contributed by atoms with van der Waals surface area (Å²) in [5.41, 5.74) is -3.42. The summed E-state index contributed by atoms with van der Waals surface area (Å²) in [6.45, 7) is -0.00400. The van der Waals surface area contributed by atoms with Crippen LogP contribution in [0.5, 0.6) is 0 Å². The monoisotopic (exact) mass is 380 g/mol. The summed E-state index contributed by atoms with van der Waals surface area (Å²) in [5.74, 6) is 0.108. The first-order valence-electron chi connectivity index (χ1n) is 7.28. The highest BCUT2D eigenvalue weighted by molar-refractivity contribution is 8.00. The third kappa shape index (κ3) is 4.82. The predicted octanol–water partition coefficient (Wildman–Crippen LogP) is 3.67. The molecule has 0 radical (unpaired) electrons. The van der Waals surface area contributed by atoms with Crippen LogP contribution >= 0.6 is 11.8 Å². The molecule has 134 valence electrons. The van der Waals surface area contributed by atoms with E-state index in [1.807, 2.05) is 0 Å². The Morgan fingerprint density at radius 1 is 1.12 bits per heavy atom. The number of carbonyl (C=O) groups is 1. The maximum Gasteiger partial charge on any atom is 0.446 e. The van der Waals surface area contributed by atoms with E-state index in [9.17, 15) is 18.0 Å². The molecule has 1 N–H and O–H groups in total. The molecule has 0 spiro atoms. The number of hydrogen-bond donors (Lipinski definition) is 1. The van der Waals surface area contributed by atoms with E-state index in [0.29, 0.717) is 5.82 Å². The van der Waals surface area contributed by atoms with Crippen LogP contribution in [0.25, 0.3) is 11.4 Å². The summed E-state index contributed by atoms with van der Waals surface area (Å²) in [5, 5.41) is 6.38. The van der Waals surface area contributed by atoms with Crippen LogP contribution in [-0.4, -0.2) is 26.5 Å². The number of alkyl halides is 3. The summed E-state index contributed by atoms with van der Waals surface area (Å²) in [6.07, 6.45) is 3.18. The van der Waals surface area contributed by atoms with Gasteiger partial charge in [-0.3, -0.25) is 9.78 Å². The van der Waals surface area contributed by atoms with E-state index in [2.05, 4.69) is 20.4 Å². The summed E-state index contributed by atoms with van der Waals surface area (Å²) < 4.78 is 41.9. The van der Waals surface area contributed by atoms with Gasteiger partial charge < -0.3 is 9.84 Å². The lowest BCUT2D eigenvalue weighted by molar-refractivity contribution is -0.0328. The second-order valence-electron chi connectivity index (χ2n) is 5.00. The summed E-state index contributed by atoms with van der Waals surface area (Å²) in [6, 6.07) is 8.54. The highest BCUT2D eigenvalue weighted by Gasteiger charge is 2.29. The van der Waals surface area contributed by atoms with Gasteiger partial charge in [0, 0.05) is 28.4 Å². The van der Waals surface area contributed by atoms with Gasteiger partial charge in [-0.05, 0) is 48.2 Å². The van der Waals surface area contributed by atoms with Gasteiger partial charge in [-0.15, -0.1) is 0 Å². The summed E-state index contributed by atoms with van der Waals surface area (Å²) in [4.78, 5) is 20.1. The van der Waals surface area contributed by atoms with E-state index < -0.39 is 11.4 Å². The molecule has 0 saturated carbocycles. The Hall–Kier alpha value is -2.88. The number of pyridine rings is 1. The van der Waals surface area contributed by atoms with Crippen molar-refractivity contribution in [2.45, 2.75) is 16.9 Å². The number of thioether (sulfide) groups is 1. The Kier molecular flexibility index (Phi) is 5.21. The maximum atomic E-state index is 12.3. The fraction of sp³-hybridized carbons (Fsp3) is 0.125. The second-order valence-corrected chi connectivity index (χ2v) is 6.14. The van der Waals surface area contributed by atoms with Crippen molar-refractivity contribution < 1.29 is 22.5 Å². The summed E-state index contributed by atoms with van der Waals surface area (Å²) >= 11 is -0.237. The second kappa shape index (κ2) is 7.56. The third-order valence-corrected chi connectivity index (χ3v) is 3.90. The van der Waals surface area contributed by atoms with Crippen LogP contribution in [0.4, 0.5) is 13.2 Å². The van der Waals surface area contributed by atoms with E-state index in [1.54, 1.807) is 24.5 Å². The van der Waals surface area contributed by atoms with Gasteiger partial charge in [0.1, 0.15) is 0 Å². The van der Waals surface area contributed by atoms with Crippen molar-refractivity contribution in [2.75, 3.05) is 0 Å². The van der Waals surface area contributed by atoms with E-state index >= 15 is 0 Å². The minimum atomic E-state index is -4.37. The van der Waals surface area contributed by atoms with Gasteiger partial charge >= 0.3 is 5.51 Å². The highest BCUT2D eigenvalue weighted by atomic mass is 32.2. The molecular weight excluding hydrogens is 369 g/mol. The van der Waals surface area contributed by atoms with Gasteiger partial charge in [-0.25, -0.2) is 0 Å². The van der Waals surface area contributed by atoms with Gasteiger partial charge in [0.15, 0.2) is 0 Å². The van der Waals surface area contributed by atoms with Crippen molar-refractivity contribution in [3.8, 4) is 11.4 Å². The van der Waals surface area contributed by atoms with Crippen LogP contribution in [0.3, 0.4) is 0 Å². The minimum absolute atomic E-state index is 0.00400. The van der Waals surface area contributed by atoms with Crippen molar-refractivity contribution in [3.63, 3.8) is 0 Å². The quantitative estimate of drug-likeness (QED) is 0.680. The molecular formula is C16H11F3N4O2S. The smallest absolute Gasteiger partial charge is 0.343 e. The maximum absolute atomic E-state index is 12.3. The molecule has 6 nitrogen and oxygen atoms in total. The molecule has 10 heteroatoms. The zero-order valence-corrected chi connectivity index (χ0v) is 13.8. The van der Waals surface area contributed by atoms with Gasteiger partial charge in [0.05, 0.1) is 6.54 Å². The molecule has 3 aromatic rings. The van der Waals surface area contributed by atoms with Crippen molar-refractivity contribution in [2.24, 2.45) is 0 Å². The topological polar surface area (TPSA) is 80.9 Å². The first-order valence-corrected chi connectivity index (χ1v) is 8.09. The van der Waals surface area contributed by atoms with Crippen LogP contribution in [0.15, 0.2) is 58.2 Å². The number of halogens is 3. The number of amides is 1. The zero-order valence-electron chi connectivity index (χ0n) is 13.0. The standard InChI is InChI=1S/C16H11F3N4O2S/c17-16(18,19)26-12-3-1-11(2-4-12)15(24)21-9-13-22-14(23-25-13)10-5-7-20-8-6-10/h1-8H,9H2,(H,21,24). The van der Waals surface area contributed by atoms with Crippen LogP contribution in [0, 0.1) is 0 Å². The lowest BCUT2D eigenvalue weighted by Crippen LogP contribution is -2.22. The van der Waals surface area contributed by atoms with E-state index in [-0.39, 0.29) is 34.7 Å². The molecule has 0 atom stereocenters. The van der Waals surface area contributed by atoms with Gasteiger partial charge in [0.25, 0.3) is 5.91 Å². The average Bonchev–Trinajstić information content (AvgIpc) is 3.09. The molecule has 1 amide bonds. The first kappa shape index (κ1) is 17.9. The molecule has 0 aliphatic heterocycles. The number of nitrogens with zero attached hydrogens (tertiary/aromatic N) is 3. The zero-order chi connectivity index (χ0) is 18.6. The van der Waals surface area contributed by atoms with Crippen LogP contribution < -0.4 is 5.32 Å². The van der Waals surface area contributed by atoms with Crippen LogP contribution in [-0.2, 0) is 6.54 Å². The van der Waals surface area contributed by atoms with Crippen LogP contribution in [0.1, 0.15) is 16.2 Å². The third-order valence-electron chi connectivity index (χ3n) is 3.16. The number of hydrogen-bond acceptors (Lipinski definition) is 6. The number of benzene rings is 1. The number of aromatic nitrogens is 3. The number of rotatable bonds is 5. The lowest BCUT2D eigenvalue weighted by Gasteiger charge is -2.06. The van der Waals surface area contributed by atoms with E-state index in [0.717, 1.165) is 5.56 Å². The van der Waals surface area contributed by atoms with Crippen molar-refractivity contribution in [1.82, 2.24) is 20.4 Å². The highest BCUT2D eigenvalue weighted by Crippen LogP contribution is 2.36. The van der Waals surface area contributed by atoms with Gasteiger partial charge in [0.2, 0.25) is 11.7 Å². The molecule has 0 bridgehead atoms. The fourth-order valence-electron chi connectivity index (χ4n) is 2.01. The Bertz CT molecular complexity index is 883. The Balaban J connectivity index is 1.58. The van der Waals surface area contributed by atoms with Crippen molar-refractivity contribution >= 4 is 17.7 Å². The average molecular weight is 380 g/mol. The molecule has 0 aliphatic carbocycles. The SMILES string of the molecule is O=C(NCc1nc(-c2ccncc2)no1)c1ccc(SC(F)(F)F)cc1. The number of nitrogens with one attached hydrogen (secondary N) is 1. The summed E-state index contributed by atoms with van der Waals surface area (Å²) in [7, 11) is 0. The lowest BCUT2D eigenvalue weighted by atomic mass is 10.2. The molecule has 3 rings (SSSR count). The van der Waals surface area contributed by atoms with Crippen molar-refractivity contribution in [1.29, 1.82) is 0 Å². The van der Waals surface area contributed by atoms with E-state index in [1.165, 1.54) is 24.3 Å². The van der Waals surface area contributed by atoms with Gasteiger partial charge in [-0.2, -0.15) is 18.2 Å². The fourth-order valence-corrected chi connectivity index (χ4v) is 2.55. The van der Waals surface area contributed by atoms with E-state index in [4.69, 9.17) is 4.52 Å². The predicted molar refractivity (Wildman–Crippen MR) is 87.1 cm³/mol. The minimum Gasteiger partial charge on any atom is -0.343 e. The largest absolute Gasteiger partial charge is 0.446 e. The molecule has 2 heterocycles. The molecule has 0 unspecified atom stereocenters. The molecule has 1 aromatic carbocycles. The normalized spacial score (nSPS) is 11.3. The van der Waals surface area contributed by atoms with Crippen molar-refractivity contribution in [3.05, 3.63) is 60.2 Å². The first-order chi connectivity index (χ1) is 12.4. The van der Waals surface area contributed by atoms with Gasteiger partial charge in [-0.1, -0.05) is 5.16 Å². The Morgan fingerprint density at radius 3 is 2.46 bits per heavy atom. The van der Waals surface area contributed by atoms with Crippen LogP contribution in [0.2, 0.25) is 0 Å². The Morgan fingerprint density at radius 2 is 1.81 bits per heavy atom. The molecule has 0 saturated heterocycles.